The normalized spacial score (nSPS) is 12.1. The van der Waals surface area contributed by atoms with Crippen molar-refractivity contribution in [3.63, 3.8) is 0 Å². The molecule has 3 N–H and O–H groups in total. The number of amides is 2. The molecule has 1 atom stereocenters. The minimum absolute atomic E-state index is 0.0822. The van der Waals surface area contributed by atoms with Crippen LogP contribution in [0.4, 0.5) is 33.7 Å². The molecular weight excluding hydrogens is 765 g/mol. The number of nitrogens with one attached hydrogen (secondary N) is 3. The molecule has 0 fully saturated rings. The summed E-state index contributed by atoms with van der Waals surface area (Å²) in [4.78, 5) is 62.3. The average Bonchev–Trinajstić information content (AvgIpc) is 3.59. The van der Waals surface area contributed by atoms with Crippen molar-refractivity contribution in [1.82, 2.24) is 19.9 Å². The highest BCUT2D eigenvalue weighted by Crippen LogP contribution is 2.28. The van der Waals surface area contributed by atoms with Gasteiger partial charge in [0.2, 0.25) is 11.7 Å². The third-order valence-electron chi connectivity index (χ3n) is 7.99. The highest BCUT2D eigenvalue weighted by molar-refractivity contribution is 7.93. The summed E-state index contributed by atoms with van der Waals surface area (Å²) < 4.78 is 88.8. The van der Waals surface area contributed by atoms with Crippen LogP contribution in [0.3, 0.4) is 0 Å². The summed E-state index contributed by atoms with van der Waals surface area (Å²) in [7, 11) is -5.76. The largest absolute Gasteiger partial charge is 0.516 e. The Morgan fingerprint density at radius 1 is 0.893 bits per heavy atom. The minimum atomic E-state index is -5.76. The lowest BCUT2D eigenvalue weighted by Crippen LogP contribution is -2.45. The molecule has 2 heterocycles. The van der Waals surface area contributed by atoms with Crippen molar-refractivity contribution in [3.8, 4) is 11.4 Å². The first-order valence-electron chi connectivity index (χ1n) is 16.4. The molecule has 4 aromatic carbocycles. The number of hydrogen-bond donors (Lipinski definition) is 3. The maximum Gasteiger partial charge on any atom is 0.516 e. The van der Waals surface area contributed by atoms with Crippen molar-refractivity contribution in [1.29, 1.82) is 0 Å². The van der Waals surface area contributed by atoms with Crippen LogP contribution in [0, 0.1) is 5.82 Å². The number of aromatic nitrogens is 3. The summed E-state index contributed by atoms with van der Waals surface area (Å²) in [6.45, 7) is -0.874. The van der Waals surface area contributed by atoms with Gasteiger partial charge in [0.1, 0.15) is 42.0 Å². The standard InChI is InChI=1S/C37H28F4N6O8S/c38-25-13-11-24(12-14-25)33-42-19-29(45-36(51)54-21-23-9-5-2-6-10-23)35(50)47(33)20-31(48)43-28(17-22-7-3-1-4-8-22)32(49)34-44-27-18-26(15-16-30(27)55-34)46-56(52,53)37(39,40)41/h1-16,18-19,28,46H,17,20-21H2,(H,43,48)(H,45,51). The van der Waals surface area contributed by atoms with E-state index in [4.69, 9.17) is 9.15 Å². The Morgan fingerprint density at radius 2 is 1.55 bits per heavy atom. The van der Waals surface area contributed by atoms with E-state index in [1.54, 1.807) is 60.7 Å². The van der Waals surface area contributed by atoms with Gasteiger partial charge < -0.3 is 14.5 Å². The summed E-state index contributed by atoms with van der Waals surface area (Å²) in [5, 5.41) is 4.88. The number of oxazole rings is 1. The van der Waals surface area contributed by atoms with E-state index in [1.165, 1.54) is 16.9 Å². The fourth-order valence-electron chi connectivity index (χ4n) is 5.32. The first kappa shape index (κ1) is 38.8. The molecule has 19 heteroatoms. The number of ketones is 1. The van der Waals surface area contributed by atoms with Crippen LogP contribution in [0.2, 0.25) is 0 Å². The number of carbonyl (C=O) groups is 3. The van der Waals surface area contributed by atoms with Crippen LogP contribution in [0.1, 0.15) is 21.8 Å². The first-order valence-corrected chi connectivity index (χ1v) is 17.9. The molecule has 2 amide bonds. The second kappa shape index (κ2) is 16.2. The molecule has 0 radical (unpaired) electrons. The van der Waals surface area contributed by atoms with Crippen molar-refractivity contribution in [2.45, 2.75) is 31.1 Å². The number of Topliss-reactive ketones (excluding diaryl/α,β-unsaturated/α-hetero) is 1. The Kier molecular flexibility index (Phi) is 11.3. The molecule has 14 nitrogen and oxygen atoms in total. The zero-order chi connectivity index (χ0) is 40.0. The number of nitrogens with zero attached hydrogens (tertiary/aromatic N) is 3. The van der Waals surface area contributed by atoms with Crippen molar-refractivity contribution in [2.75, 3.05) is 10.0 Å². The first-order chi connectivity index (χ1) is 26.7. The van der Waals surface area contributed by atoms with Gasteiger partial charge in [0.25, 0.3) is 11.4 Å². The van der Waals surface area contributed by atoms with E-state index < -0.39 is 68.9 Å². The average molecular weight is 793 g/mol. The predicted octanol–water partition coefficient (Wildman–Crippen LogP) is 5.81. The number of anilines is 2. The fourth-order valence-corrected chi connectivity index (χ4v) is 5.88. The summed E-state index contributed by atoms with van der Waals surface area (Å²) in [5.74, 6) is -3.01. The number of rotatable bonds is 13. The van der Waals surface area contributed by atoms with Gasteiger partial charge in [-0.1, -0.05) is 60.7 Å². The van der Waals surface area contributed by atoms with Gasteiger partial charge in [-0.2, -0.15) is 21.6 Å². The zero-order valence-corrected chi connectivity index (χ0v) is 29.4. The molecule has 6 aromatic rings. The summed E-state index contributed by atoms with van der Waals surface area (Å²) in [5.41, 5.74) is -6.12. The van der Waals surface area contributed by atoms with E-state index in [2.05, 4.69) is 20.6 Å². The van der Waals surface area contributed by atoms with Crippen LogP contribution < -0.4 is 20.9 Å². The lowest BCUT2D eigenvalue weighted by atomic mass is 10.0. The second-order valence-corrected chi connectivity index (χ2v) is 13.7. The SMILES string of the molecule is O=C(Cn1c(-c2ccc(F)cc2)ncc(NC(=O)OCc2ccccc2)c1=O)NC(Cc1ccccc1)C(=O)c1nc2cc(NS(=O)(=O)C(F)(F)F)ccc2o1. The van der Waals surface area contributed by atoms with E-state index in [-0.39, 0.29) is 41.2 Å². The van der Waals surface area contributed by atoms with Crippen LogP contribution in [-0.2, 0) is 39.1 Å². The van der Waals surface area contributed by atoms with Crippen LogP contribution in [0.25, 0.3) is 22.5 Å². The molecular formula is C37H28F4N6O8S. The highest BCUT2D eigenvalue weighted by atomic mass is 32.2. The van der Waals surface area contributed by atoms with Gasteiger partial charge in [-0.25, -0.2) is 19.2 Å². The number of benzene rings is 4. The summed E-state index contributed by atoms with van der Waals surface area (Å²) in [6, 6.07) is 23.6. The molecule has 288 valence electrons. The third-order valence-corrected chi connectivity index (χ3v) is 9.10. The molecule has 0 aliphatic rings. The van der Waals surface area contributed by atoms with Gasteiger partial charge in [-0.05, 0) is 53.6 Å². The number of carbonyl (C=O) groups excluding carboxylic acids is 3. The van der Waals surface area contributed by atoms with Crippen LogP contribution in [0.15, 0.2) is 119 Å². The third kappa shape index (κ3) is 9.24. The van der Waals surface area contributed by atoms with Crippen molar-refractivity contribution in [3.05, 3.63) is 143 Å². The lowest BCUT2D eigenvalue weighted by molar-refractivity contribution is -0.122. The summed E-state index contributed by atoms with van der Waals surface area (Å²) >= 11 is 0. The Labute approximate surface area is 314 Å². The van der Waals surface area contributed by atoms with Gasteiger partial charge in [0.05, 0.1) is 11.9 Å². The van der Waals surface area contributed by atoms with E-state index in [1.807, 2.05) is 0 Å². The van der Waals surface area contributed by atoms with E-state index >= 15 is 0 Å². The predicted molar refractivity (Wildman–Crippen MR) is 193 cm³/mol. The van der Waals surface area contributed by atoms with Crippen molar-refractivity contribution < 1.29 is 49.5 Å². The quantitative estimate of drug-likeness (QED) is 0.0950. The van der Waals surface area contributed by atoms with Crippen molar-refractivity contribution in [2.24, 2.45) is 0 Å². The topological polar surface area (TPSA) is 192 Å². The van der Waals surface area contributed by atoms with Gasteiger partial charge in [0.15, 0.2) is 5.58 Å². The molecule has 6 rings (SSSR count). The Hall–Kier alpha value is -6.89. The lowest BCUT2D eigenvalue weighted by Gasteiger charge is -2.18. The number of hydrogen-bond acceptors (Lipinski definition) is 10. The highest BCUT2D eigenvalue weighted by Gasteiger charge is 2.46. The maximum absolute atomic E-state index is 13.9. The monoisotopic (exact) mass is 792 g/mol. The van der Waals surface area contributed by atoms with E-state index in [9.17, 15) is 45.2 Å². The molecule has 56 heavy (non-hydrogen) atoms. The second-order valence-electron chi connectivity index (χ2n) is 12.0. The van der Waals surface area contributed by atoms with Crippen LogP contribution >= 0.6 is 0 Å². The Balaban J connectivity index is 1.27. The molecule has 0 saturated carbocycles. The van der Waals surface area contributed by atoms with E-state index in [0.29, 0.717) is 11.1 Å². The number of sulfonamides is 1. The van der Waals surface area contributed by atoms with Gasteiger partial charge in [-0.15, -0.1) is 0 Å². The molecule has 0 aliphatic heterocycles. The Morgan fingerprint density at radius 3 is 2.21 bits per heavy atom. The van der Waals surface area contributed by atoms with Crippen LogP contribution in [0.5, 0.6) is 0 Å². The van der Waals surface area contributed by atoms with Gasteiger partial charge in [-0.3, -0.25) is 29.0 Å². The fraction of sp³-hybridized carbons (Fsp3) is 0.135. The molecule has 0 bridgehead atoms. The Bertz CT molecular complexity index is 2570. The molecule has 2 aromatic heterocycles. The zero-order valence-electron chi connectivity index (χ0n) is 28.6. The van der Waals surface area contributed by atoms with E-state index in [0.717, 1.165) is 41.1 Å². The number of ether oxygens (including phenoxy) is 1. The number of fused-ring (bicyclic) bond motifs is 1. The van der Waals surface area contributed by atoms with Gasteiger partial charge >= 0.3 is 21.6 Å². The minimum Gasteiger partial charge on any atom is -0.444 e. The maximum atomic E-state index is 13.9. The number of alkyl halides is 3. The van der Waals surface area contributed by atoms with Crippen molar-refractivity contribution >= 4 is 50.3 Å². The molecule has 0 saturated heterocycles. The molecule has 1 unspecified atom stereocenters. The smallest absolute Gasteiger partial charge is 0.444 e. The molecule has 0 aliphatic carbocycles. The number of halogens is 4. The summed E-state index contributed by atoms with van der Waals surface area (Å²) in [6.07, 6.45) is -0.0589. The molecule has 0 spiro atoms. The van der Waals surface area contributed by atoms with Gasteiger partial charge in [0, 0.05) is 12.0 Å². The van der Waals surface area contributed by atoms with Crippen LogP contribution in [-0.4, -0.2) is 52.3 Å².